The number of aromatic nitrogens is 2. The third-order valence-corrected chi connectivity index (χ3v) is 3.46. The van der Waals surface area contributed by atoms with Crippen LogP contribution >= 0.6 is 0 Å². The number of hydrogen-bond acceptors (Lipinski definition) is 2. The topological polar surface area (TPSA) is 29.9 Å². The van der Waals surface area contributed by atoms with Crippen LogP contribution in [0.3, 0.4) is 0 Å². The fraction of sp³-hybridized carbons (Fsp3) is 0.800. The summed E-state index contributed by atoms with van der Waals surface area (Å²) in [5.74, 6) is 0.654. The Morgan fingerprint density at radius 2 is 2.00 bits per heavy atom. The largest absolute Gasteiger partial charge is 0.316 e. The zero-order valence-corrected chi connectivity index (χ0v) is 12.4. The van der Waals surface area contributed by atoms with Crippen molar-refractivity contribution >= 4 is 0 Å². The number of nitrogens with one attached hydrogen (secondary N) is 1. The third kappa shape index (κ3) is 4.81. The molecule has 0 radical (unpaired) electrons. The highest BCUT2D eigenvalue weighted by Gasteiger charge is 2.10. The molecule has 0 saturated heterocycles. The Labute approximate surface area is 112 Å². The zero-order chi connectivity index (χ0) is 13.4. The number of hydrogen-bond donors (Lipinski definition) is 1. The minimum atomic E-state index is 0.562. The lowest BCUT2D eigenvalue weighted by Gasteiger charge is -2.13. The van der Waals surface area contributed by atoms with Crippen LogP contribution in [0, 0.1) is 5.92 Å². The van der Waals surface area contributed by atoms with Gasteiger partial charge >= 0.3 is 0 Å². The van der Waals surface area contributed by atoms with Crippen molar-refractivity contribution < 1.29 is 0 Å². The second-order valence-corrected chi connectivity index (χ2v) is 5.27. The highest BCUT2D eigenvalue weighted by Crippen LogP contribution is 2.15. The van der Waals surface area contributed by atoms with Crippen LogP contribution in [0.25, 0.3) is 0 Å². The average Bonchev–Trinajstić information content (AvgIpc) is 2.79. The molecule has 0 saturated carbocycles. The zero-order valence-electron chi connectivity index (χ0n) is 12.4. The van der Waals surface area contributed by atoms with Gasteiger partial charge in [-0.2, -0.15) is 5.10 Å². The van der Waals surface area contributed by atoms with E-state index in [4.69, 9.17) is 5.10 Å². The van der Waals surface area contributed by atoms with Gasteiger partial charge in [0.2, 0.25) is 0 Å². The summed E-state index contributed by atoms with van der Waals surface area (Å²) >= 11 is 0. The molecule has 0 fully saturated rings. The smallest absolute Gasteiger partial charge is 0.0627 e. The van der Waals surface area contributed by atoms with Gasteiger partial charge in [0.1, 0.15) is 0 Å². The maximum Gasteiger partial charge on any atom is 0.0627 e. The van der Waals surface area contributed by atoms with Gasteiger partial charge in [0.25, 0.3) is 0 Å². The molecule has 0 spiro atoms. The Bertz CT molecular complexity index is 315. The van der Waals surface area contributed by atoms with Crippen LogP contribution in [0.5, 0.6) is 0 Å². The van der Waals surface area contributed by atoms with E-state index in [2.05, 4.69) is 50.0 Å². The van der Waals surface area contributed by atoms with E-state index in [-0.39, 0.29) is 0 Å². The third-order valence-electron chi connectivity index (χ3n) is 3.46. The predicted molar refractivity (Wildman–Crippen MR) is 77.9 cm³/mol. The summed E-state index contributed by atoms with van der Waals surface area (Å²) in [4.78, 5) is 0. The van der Waals surface area contributed by atoms with Crippen molar-refractivity contribution in [1.29, 1.82) is 0 Å². The molecule has 3 heteroatoms. The monoisotopic (exact) mass is 251 g/mol. The molecular weight excluding hydrogens is 222 g/mol. The van der Waals surface area contributed by atoms with Crippen molar-refractivity contribution in [3.8, 4) is 0 Å². The van der Waals surface area contributed by atoms with Crippen LogP contribution in [0.15, 0.2) is 12.3 Å². The maximum absolute atomic E-state index is 4.71. The molecule has 1 aromatic heterocycles. The molecule has 1 aromatic rings. The van der Waals surface area contributed by atoms with E-state index in [0.717, 1.165) is 32.4 Å². The normalized spacial score (nSPS) is 13.2. The summed E-state index contributed by atoms with van der Waals surface area (Å²) in [6, 6.07) is 2.74. The van der Waals surface area contributed by atoms with Crippen LogP contribution in [0.2, 0.25) is 0 Å². The van der Waals surface area contributed by atoms with Gasteiger partial charge < -0.3 is 5.32 Å². The highest BCUT2D eigenvalue weighted by atomic mass is 15.3. The Morgan fingerprint density at radius 1 is 1.28 bits per heavy atom. The molecule has 1 atom stereocenters. The van der Waals surface area contributed by atoms with E-state index < -0.39 is 0 Å². The van der Waals surface area contributed by atoms with E-state index in [0.29, 0.717) is 12.0 Å². The molecule has 3 nitrogen and oxygen atoms in total. The number of rotatable bonds is 9. The van der Waals surface area contributed by atoms with Crippen molar-refractivity contribution in [2.45, 2.75) is 59.4 Å². The van der Waals surface area contributed by atoms with Gasteiger partial charge in [0, 0.05) is 6.20 Å². The van der Waals surface area contributed by atoms with Gasteiger partial charge in [-0.1, -0.05) is 27.7 Å². The fourth-order valence-electron chi connectivity index (χ4n) is 2.31. The van der Waals surface area contributed by atoms with Gasteiger partial charge in [0.05, 0.1) is 11.7 Å². The quantitative estimate of drug-likeness (QED) is 0.682. The molecule has 0 aliphatic rings. The lowest BCUT2D eigenvalue weighted by atomic mass is 10.1. The molecule has 0 bridgehead atoms. The summed E-state index contributed by atoms with van der Waals surface area (Å²) in [6.45, 7) is 11.2. The van der Waals surface area contributed by atoms with Crippen molar-refractivity contribution in [1.82, 2.24) is 15.1 Å². The molecule has 1 heterocycles. The van der Waals surface area contributed by atoms with E-state index in [1.807, 2.05) is 0 Å². The van der Waals surface area contributed by atoms with Gasteiger partial charge in [-0.3, -0.25) is 4.68 Å². The molecule has 1 unspecified atom stereocenters. The SMILES string of the molecule is CCCNCC(C)Cc1ccn(C(CC)CC)n1. The average molecular weight is 251 g/mol. The molecule has 18 heavy (non-hydrogen) atoms. The maximum atomic E-state index is 4.71. The van der Waals surface area contributed by atoms with E-state index in [1.165, 1.54) is 12.1 Å². The Kier molecular flexibility index (Phi) is 7.02. The van der Waals surface area contributed by atoms with Gasteiger partial charge in [0.15, 0.2) is 0 Å². The lowest BCUT2D eigenvalue weighted by molar-refractivity contribution is 0.421. The molecule has 104 valence electrons. The van der Waals surface area contributed by atoms with Crippen LogP contribution < -0.4 is 5.32 Å². The molecule has 1 N–H and O–H groups in total. The van der Waals surface area contributed by atoms with Gasteiger partial charge in [-0.25, -0.2) is 0 Å². The molecule has 0 aliphatic carbocycles. The molecule has 1 rings (SSSR count). The summed E-state index contributed by atoms with van der Waals surface area (Å²) < 4.78 is 2.14. The number of nitrogens with zero attached hydrogens (tertiary/aromatic N) is 2. The van der Waals surface area contributed by atoms with E-state index in [9.17, 15) is 0 Å². The van der Waals surface area contributed by atoms with E-state index in [1.54, 1.807) is 0 Å². The second kappa shape index (κ2) is 8.30. The van der Waals surface area contributed by atoms with Crippen molar-refractivity contribution in [2.24, 2.45) is 5.92 Å². The van der Waals surface area contributed by atoms with Crippen LogP contribution in [-0.2, 0) is 6.42 Å². The molecule has 0 amide bonds. The summed E-state index contributed by atoms with van der Waals surface area (Å²) in [7, 11) is 0. The van der Waals surface area contributed by atoms with Gasteiger partial charge in [-0.05, 0) is 50.8 Å². The minimum absolute atomic E-state index is 0.562. The van der Waals surface area contributed by atoms with Crippen molar-refractivity contribution in [2.75, 3.05) is 13.1 Å². The first-order valence-electron chi connectivity index (χ1n) is 7.45. The lowest BCUT2D eigenvalue weighted by Crippen LogP contribution is -2.23. The van der Waals surface area contributed by atoms with E-state index >= 15 is 0 Å². The summed E-state index contributed by atoms with van der Waals surface area (Å²) in [6.07, 6.45) is 6.73. The first-order chi connectivity index (χ1) is 8.71. The predicted octanol–water partition coefficient (Wildman–Crippen LogP) is 3.42. The van der Waals surface area contributed by atoms with Gasteiger partial charge in [-0.15, -0.1) is 0 Å². The minimum Gasteiger partial charge on any atom is -0.316 e. The molecule has 0 aromatic carbocycles. The standard InChI is InChI=1S/C15H29N3/c1-5-9-16-12-13(4)11-14-8-10-18(17-14)15(6-2)7-3/h8,10,13,15-16H,5-7,9,11-12H2,1-4H3. The van der Waals surface area contributed by atoms with Crippen molar-refractivity contribution in [3.05, 3.63) is 18.0 Å². The first-order valence-corrected chi connectivity index (χ1v) is 7.45. The fourth-order valence-corrected chi connectivity index (χ4v) is 2.31. The Morgan fingerprint density at radius 3 is 2.61 bits per heavy atom. The second-order valence-electron chi connectivity index (χ2n) is 5.27. The van der Waals surface area contributed by atoms with Crippen LogP contribution in [0.1, 0.15) is 58.7 Å². The highest BCUT2D eigenvalue weighted by molar-refractivity contribution is 5.01. The summed E-state index contributed by atoms with van der Waals surface area (Å²) in [5, 5.41) is 8.18. The Hall–Kier alpha value is -0.830. The van der Waals surface area contributed by atoms with Crippen molar-refractivity contribution in [3.63, 3.8) is 0 Å². The van der Waals surface area contributed by atoms with Crippen LogP contribution in [-0.4, -0.2) is 22.9 Å². The molecular formula is C15H29N3. The molecule has 0 aliphatic heterocycles. The Balaban J connectivity index is 2.43. The first kappa shape index (κ1) is 15.2. The summed E-state index contributed by atoms with van der Waals surface area (Å²) in [5.41, 5.74) is 1.23. The van der Waals surface area contributed by atoms with Crippen LogP contribution in [0.4, 0.5) is 0 Å².